The number of rotatable bonds is 0. The van der Waals surface area contributed by atoms with Gasteiger partial charge in [0.15, 0.2) is 0 Å². The molecule has 1 aliphatic rings. The second-order valence-corrected chi connectivity index (χ2v) is 3.17. The summed E-state index contributed by atoms with van der Waals surface area (Å²) in [5.74, 6) is 0.0660. The Morgan fingerprint density at radius 1 is 1.42 bits per heavy atom. The quantitative estimate of drug-likeness (QED) is 0.495. The number of hydrogen-bond donors (Lipinski definition) is 1. The highest BCUT2D eigenvalue weighted by molar-refractivity contribution is 6.32. The van der Waals surface area contributed by atoms with E-state index in [0.29, 0.717) is 0 Å². The van der Waals surface area contributed by atoms with Crippen LogP contribution in [0.2, 0.25) is 0 Å². The van der Waals surface area contributed by atoms with Crippen molar-refractivity contribution in [1.82, 2.24) is 5.32 Å². The Kier molecular flexibility index (Phi) is 1.64. The van der Waals surface area contributed by atoms with Gasteiger partial charge in [-0.25, -0.2) is 0 Å². The minimum Gasteiger partial charge on any atom is -0.352 e. The highest BCUT2D eigenvalue weighted by Crippen LogP contribution is 2.10. The summed E-state index contributed by atoms with van der Waals surface area (Å²) < 4.78 is 0. The van der Waals surface area contributed by atoms with Crippen LogP contribution < -0.4 is 10.8 Å². The number of carbonyl (C=O) groups excluding carboxylic acids is 1. The monoisotopic (exact) mass is 159 g/mol. The molecule has 0 saturated heterocycles. The van der Waals surface area contributed by atoms with E-state index >= 15 is 0 Å². The number of hydrogen-bond acceptors (Lipinski definition) is 1. The van der Waals surface area contributed by atoms with Gasteiger partial charge < -0.3 is 5.32 Å². The normalized spacial score (nSPS) is 15.2. The Bertz CT molecular complexity index is 335. The van der Waals surface area contributed by atoms with E-state index in [1.165, 1.54) is 11.0 Å². The predicted octanol–water partition coefficient (Wildman–Crippen LogP) is -0.769. The maximum Gasteiger partial charge on any atom is 0.251 e. The largest absolute Gasteiger partial charge is 0.352 e. The third-order valence-electron chi connectivity index (χ3n) is 2.19. The van der Waals surface area contributed by atoms with Gasteiger partial charge in [-0.2, -0.15) is 0 Å². The summed E-state index contributed by atoms with van der Waals surface area (Å²) in [5, 5.41) is 2.82. The van der Waals surface area contributed by atoms with Crippen LogP contribution >= 0.6 is 0 Å². The van der Waals surface area contributed by atoms with E-state index in [9.17, 15) is 4.79 Å². The Morgan fingerprint density at radius 3 is 3.08 bits per heavy atom. The number of fused-ring (bicyclic) bond motifs is 1. The highest BCUT2D eigenvalue weighted by atomic mass is 16.1. The molecule has 0 bridgehead atoms. The first-order valence-electron chi connectivity index (χ1n) is 4.15. The minimum absolute atomic E-state index is 0.0660. The molecule has 0 saturated carbocycles. The summed E-state index contributed by atoms with van der Waals surface area (Å²) in [6.45, 7) is 0.773. The zero-order valence-electron chi connectivity index (χ0n) is 7.05. The molecule has 2 nitrogen and oxygen atoms in total. The van der Waals surface area contributed by atoms with Crippen LogP contribution in [0.15, 0.2) is 18.2 Å². The van der Waals surface area contributed by atoms with Gasteiger partial charge in [0.05, 0.1) is 0 Å². The summed E-state index contributed by atoms with van der Waals surface area (Å²) in [6.07, 6.45) is 0.961. The van der Waals surface area contributed by atoms with Gasteiger partial charge in [-0.15, -0.1) is 0 Å². The van der Waals surface area contributed by atoms with Gasteiger partial charge >= 0.3 is 0 Å². The smallest absolute Gasteiger partial charge is 0.251 e. The third kappa shape index (κ3) is 1.11. The van der Waals surface area contributed by atoms with Gasteiger partial charge in [-0.1, -0.05) is 17.6 Å². The topological polar surface area (TPSA) is 29.1 Å². The van der Waals surface area contributed by atoms with Crippen LogP contribution in [-0.4, -0.2) is 20.3 Å². The zero-order chi connectivity index (χ0) is 8.55. The number of benzene rings is 1. The average Bonchev–Trinajstić information content (AvgIpc) is 2.04. The summed E-state index contributed by atoms with van der Waals surface area (Å²) in [5.41, 5.74) is 3.24. The van der Waals surface area contributed by atoms with Crippen molar-refractivity contribution in [1.29, 1.82) is 0 Å². The Balaban J connectivity index is 2.53. The minimum atomic E-state index is 0.0660. The molecule has 3 heteroatoms. The van der Waals surface area contributed by atoms with Crippen LogP contribution in [0, 0.1) is 0 Å². The van der Waals surface area contributed by atoms with Gasteiger partial charge in [-0.3, -0.25) is 4.79 Å². The van der Waals surface area contributed by atoms with Gasteiger partial charge in [0.2, 0.25) is 0 Å². The Hall–Kier alpha value is -1.25. The molecule has 1 heterocycles. The Morgan fingerprint density at radius 2 is 2.25 bits per heavy atom. The standard InChI is InChI=1S/C9H10BNO/c10-7-1-2-8-6(5-7)3-4-11-9(8)12/h1-2,5H,3-4,10H2,(H,11,12). The van der Waals surface area contributed by atoms with Gasteiger partial charge in [-0.05, 0) is 18.1 Å². The van der Waals surface area contributed by atoms with Crippen molar-refractivity contribution >= 4 is 19.2 Å². The lowest BCUT2D eigenvalue weighted by molar-refractivity contribution is 0.0946. The van der Waals surface area contributed by atoms with E-state index in [4.69, 9.17) is 0 Å². The lowest BCUT2D eigenvalue weighted by Crippen LogP contribution is -2.32. The van der Waals surface area contributed by atoms with Crippen molar-refractivity contribution < 1.29 is 4.79 Å². The lowest BCUT2D eigenvalue weighted by atomic mass is 9.89. The SMILES string of the molecule is Bc1ccc2c(c1)CCNC2=O. The molecule has 0 aliphatic carbocycles. The fourth-order valence-electron chi connectivity index (χ4n) is 1.56. The summed E-state index contributed by atoms with van der Waals surface area (Å²) >= 11 is 0. The third-order valence-corrected chi connectivity index (χ3v) is 2.19. The molecule has 1 aromatic carbocycles. The second-order valence-electron chi connectivity index (χ2n) is 3.17. The van der Waals surface area contributed by atoms with Crippen molar-refractivity contribution in [2.24, 2.45) is 0 Å². The molecule has 0 spiro atoms. The number of carbonyl (C=O) groups is 1. The maximum absolute atomic E-state index is 11.3. The van der Waals surface area contributed by atoms with Crippen molar-refractivity contribution in [2.75, 3.05) is 6.54 Å². The fraction of sp³-hybridized carbons (Fsp3) is 0.222. The first-order chi connectivity index (χ1) is 5.77. The number of amides is 1. The van der Waals surface area contributed by atoms with Crippen molar-refractivity contribution in [3.63, 3.8) is 0 Å². The van der Waals surface area contributed by atoms with E-state index in [-0.39, 0.29) is 5.91 Å². The van der Waals surface area contributed by atoms with Gasteiger partial charge in [0.25, 0.3) is 5.91 Å². The molecule has 0 unspecified atom stereocenters. The molecular formula is C9H10BNO. The molecule has 0 aromatic heterocycles. The molecule has 0 atom stereocenters. The van der Waals surface area contributed by atoms with Crippen LogP contribution in [0.4, 0.5) is 0 Å². The number of nitrogens with one attached hydrogen (secondary N) is 1. The predicted molar refractivity (Wildman–Crippen MR) is 50.7 cm³/mol. The second kappa shape index (κ2) is 2.66. The zero-order valence-corrected chi connectivity index (χ0v) is 7.05. The Labute approximate surface area is 72.4 Å². The molecule has 12 heavy (non-hydrogen) atoms. The van der Waals surface area contributed by atoms with E-state index < -0.39 is 0 Å². The van der Waals surface area contributed by atoms with E-state index in [1.807, 2.05) is 20.0 Å². The first-order valence-corrected chi connectivity index (χ1v) is 4.15. The lowest BCUT2D eigenvalue weighted by Gasteiger charge is -2.16. The van der Waals surface area contributed by atoms with Crippen LogP contribution in [0.3, 0.4) is 0 Å². The van der Waals surface area contributed by atoms with Crippen LogP contribution in [0.5, 0.6) is 0 Å². The molecular weight excluding hydrogens is 149 g/mol. The van der Waals surface area contributed by atoms with Crippen LogP contribution in [0.1, 0.15) is 15.9 Å². The van der Waals surface area contributed by atoms with Crippen LogP contribution in [-0.2, 0) is 6.42 Å². The molecule has 1 amide bonds. The summed E-state index contributed by atoms with van der Waals surface area (Å²) in [7, 11) is 2.05. The highest BCUT2D eigenvalue weighted by Gasteiger charge is 2.15. The first kappa shape index (κ1) is 7.41. The molecule has 0 fully saturated rings. The van der Waals surface area contributed by atoms with Crippen molar-refractivity contribution in [3.05, 3.63) is 29.3 Å². The molecule has 1 aromatic rings. The van der Waals surface area contributed by atoms with E-state index in [0.717, 1.165) is 18.5 Å². The molecule has 1 N–H and O–H groups in total. The van der Waals surface area contributed by atoms with Gasteiger partial charge in [0.1, 0.15) is 7.85 Å². The fourth-order valence-corrected chi connectivity index (χ4v) is 1.56. The molecule has 1 aliphatic heterocycles. The van der Waals surface area contributed by atoms with Crippen LogP contribution in [0.25, 0.3) is 0 Å². The molecule has 0 radical (unpaired) electrons. The average molecular weight is 159 g/mol. The van der Waals surface area contributed by atoms with Crippen molar-refractivity contribution in [3.8, 4) is 0 Å². The molecule has 60 valence electrons. The molecule has 2 rings (SSSR count). The van der Waals surface area contributed by atoms with Gasteiger partial charge in [0, 0.05) is 12.1 Å². The maximum atomic E-state index is 11.3. The van der Waals surface area contributed by atoms with E-state index in [1.54, 1.807) is 0 Å². The van der Waals surface area contributed by atoms with Crippen molar-refractivity contribution in [2.45, 2.75) is 6.42 Å². The summed E-state index contributed by atoms with van der Waals surface area (Å²) in [4.78, 5) is 11.3. The summed E-state index contributed by atoms with van der Waals surface area (Å²) in [6, 6.07) is 5.97. The van der Waals surface area contributed by atoms with E-state index in [2.05, 4.69) is 11.4 Å².